The van der Waals surface area contributed by atoms with Crippen molar-refractivity contribution < 1.29 is 4.79 Å². The van der Waals surface area contributed by atoms with Crippen LogP contribution in [0.25, 0.3) is 6.08 Å². The van der Waals surface area contributed by atoms with Crippen LogP contribution < -0.4 is 5.01 Å². The maximum absolute atomic E-state index is 13.2. The molecular formula is C22H16N2OS2. The van der Waals surface area contributed by atoms with Crippen LogP contribution in [0.1, 0.15) is 5.56 Å². The van der Waals surface area contributed by atoms with Gasteiger partial charge in [0, 0.05) is 0 Å². The third kappa shape index (κ3) is 3.65. The van der Waals surface area contributed by atoms with E-state index in [0.717, 1.165) is 16.9 Å². The highest BCUT2D eigenvalue weighted by Gasteiger charge is 2.37. The summed E-state index contributed by atoms with van der Waals surface area (Å²) < 4.78 is 0.509. The van der Waals surface area contributed by atoms with E-state index in [2.05, 4.69) is 0 Å². The predicted molar refractivity (Wildman–Crippen MR) is 116 cm³/mol. The van der Waals surface area contributed by atoms with Gasteiger partial charge in [-0.2, -0.15) is 5.01 Å². The Balaban J connectivity index is 1.75. The number of para-hydroxylation sites is 2. The first-order chi connectivity index (χ1) is 13.2. The number of nitrogens with zero attached hydrogens (tertiary/aromatic N) is 2. The highest BCUT2D eigenvalue weighted by Crippen LogP contribution is 2.38. The fourth-order valence-corrected chi connectivity index (χ4v) is 4.09. The summed E-state index contributed by atoms with van der Waals surface area (Å²) in [5.41, 5.74) is 2.73. The summed E-state index contributed by atoms with van der Waals surface area (Å²) in [7, 11) is 0. The normalized spacial score (nSPS) is 15.4. The lowest BCUT2D eigenvalue weighted by atomic mass is 10.2. The molecule has 1 aliphatic rings. The van der Waals surface area contributed by atoms with Gasteiger partial charge in [-0.25, -0.2) is 5.01 Å². The first kappa shape index (κ1) is 17.5. The monoisotopic (exact) mass is 388 g/mol. The molecule has 0 aliphatic carbocycles. The van der Waals surface area contributed by atoms with E-state index in [9.17, 15) is 4.79 Å². The van der Waals surface area contributed by atoms with E-state index < -0.39 is 0 Å². The van der Waals surface area contributed by atoms with Crippen LogP contribution in [-0.4, -0.2) is 15.2 Å². The van der Waals surface area contributed by atoms with E-state index in [4.69, 9.17) is 12.2 Å². The summed E-state index contributed by atoms with van der Waals surface area (Å²) in [5.74, 6) is -0.124. The van der Waals surface area contributed by atoms with Crippen molar-refractivity contribution in [2.24, 2.45) is 0 Å². The standard InChI is InChI=1S/C22H16N2OS2/c25-21-20(16-17-10-4-1-5-11-17)27-22(26)24(21)23(18-12-6-2-7-13-18)19-14-8-3-9-15-19/h1-16H. The summed E-state index contributed by atoms with van der Waals surface area (Å²) in [6.07, 6.45) is 1.88. The van der Waals surface area contributed by atoms with Crippen molar-refractivity contribution in [3.05, 3.63) is 101 Å². The van der Waals surface area contributed by atoms with Crippen LogP contribution in [0.2, 0.25) is 0 Å². The third-order valence-corrected chi connectivity index (χ3v) is 5.36. The molecule has 1 aliphatic heterocycles. The number of thioether (sulfide) groups is 1. The fourth-order valence-electron chi connectivity index (χ4n) is 2.85. The van der Waals surface area contributed by atoms with Crippen LogP contribution in [0, 0.1) is 0 Å². The first-order valence-corrected chi connectivity index (χ1v) is 9.70. The number of anilines is 2. The number of hydrogen-bond acceptors (Lipinski definition) is 4. The van der Waals surface area contributed by atoms with Gasteiger partial charge >= 0.3 is 0 Å². The molecule has 0 unspecified atom stereocenters. The molecule has 0 spiro atoms. The van der Waals surface area contributed by atoms with Crippen molar-refractivity contribution in [2.75, 3.05) is 5.01 Å². The van der Waals surface area contributed by atoms with Gasteiger partial charge in [-0.3, -0.25) is 4.79 Å². The quantitative estimate of drug-likeness (QED) is 0.426. The first-order valence-electron chi connectivity index (χ1n) is 8.47. The molecule has 1 fully saturated rings. The zero-order valence-electron chi connectivity index (χ0n) is 14.4. The number of rotatable bonds is 4. The smallest absolute Gasteiger partial charge is 0.266 e. The molecule has 0 saturated carbocycles. The average molecular weight is 389 g/mol. The van der Waals surface area contributed by atoms with Crippen molar-refractivity contribution >= 4 is 51.7 Å². The maximum Gasteiger partial charge on any atom is 0.285 e. The summed E-state index contributed by atoms with van der Waals surface area (Å²) in [6.45, 7) is 0. The molecule has 1 heterocycles. The van der Waals surface area contributed by atoms with Crippen LogP contribution >= 0.6 is 24.0 Å². The molecular weight excluding hydrogens is 372 g/mol. The number of benzene rings is 3. The molecule has 132 valence electrons. The number of thiocarbonyl (C=S) groups is 1. The van der Waals surface area contributed by atoms with E-state index in [1.165, 1.54) is 11.8 Å². The molecule has 0 bridgehead atoms. The Morgan fingerprint density at radius 3 is 1.78 bits per heavy atom. The molecule has 0 aromatic heterocycles. The van der Waals surface area contributed by atoms with Gasteiger partial charge in [-0.1, -0.05) is 78.5 Å². The average Bonchev–Trinajstić information content (AvgIpc) is 2.98. The summed E-state index contributed by atoms with van der Waals surface area (Å²) in [4.78, 5) is 13.8. The molecule has 1 saturated heterocycles. The second-order valence-corrected chi connectivity index (χ2v) is 7.56. The Morgan fingerprint density at radius 2 is 1.26 bits per heavy atom. The number of hydrazine groups is 1. The maximum atomic E-state index is 13.2. The highest BCUT2D eigenvalue weighted by atomic mass is 32.2. The van der Waals surface area contributed by atoms with Gasteiger partial charge in [0.25, 0.3) is 5.91 Å². The molecule has 3 nitrogen and oxygen atoms in total. The van der Waals surface area contributed by atoms with Crippen molar-refractivity contribution in [3.8, 4) is 0 Å². The van der Waals surface area contributed by atoms with Crippen LogP contribution in [0.5, 0.6) is 0 Å². The zero-order chi connectivity index (χ0) is 18.6. The van der Waals surface area contributed by atoms with Gasteiger partial charge in [-0.15, -0.1) is 0 Å². The minimum atomic E-state index is -0.124. The fraction of sp³-hybridized carbons (Fsp3) is 0. The van der Waals surface area contributed by atoms with Gasteiger partial charge < -0.3 is 0 Å². The van der Waals surface area contributed by atoms with Gasteiger partial charge in [0.15, 0.2) is 4.32 Å². The van der Waals surface area contributed by atoms with Crippen molar-refractivity contribution in [3.63, 3.8) is 0 Å². The number of carbonyl (C=O) groups excluding carboxylic acids is 1. The van der Waals surface area contributed by atoms with Crippen molar-refractivity contribution in [1.29, 1.82) is 0 Å². The van der Waals surface area contributed by atoms with Crippen molar-refractivity contribution in [1.82, 2.24) is 5.01 Å². The summed E-state index contributed by atoms with van der Waals surface area (Å²) in [5, 5.41) is 3.43. The molecule has 0 N–H and O–H groups in total. The van der Waals surface area contributed by atoms with Crippen LogP contribution in [0.15, 0.2) is 95.9 Å². The number of hydrogen-bond donors (Lipinski definition) is 0. The van der Waals surface area contributed by atoms with Crippen LogP contribution in [0.4, 0.5) is 11.4 Å². The molecule has 0 atom stereocenters. The predicted octanol–water partition coefficient (Wildman–Crippen LogP) is 5.64. The number of amides is 1. The zero-order valence-corrected chi connectivity index (χ0v) is 16.0. The van der Waals surface area contributed by atoms with Crippen LogP contribution in [-0.2, 0) is 4.79 Å². The van der Waals surface area contributed by atoms with E-state index >= 15 is 0 Å². The molecule has 1 amide bonds. The van der Waals surface area contributed by atoms with Crippen LogP contribution in [0.3, 0.4) is 0 Å². The Morgan fingerprint density at radius 1 is 0.778 bits per heavy atom. The molecule has 3 aromatic carbocycles. The summed E-state index contributed by atoms with van der Waals surface area (Å²) in [6, 6.07) is 29.3. The third-order valence-electron chi connectivity index (χ3n) is 4.07. The minimum absolute atomic E-state index is 0.124. The van der Waals surface area contributed by atoms with Gasteiger partial charge in [0.2, 0.25) is 0 Å². The lowest BCUT2D eigenvalue weighted by Crippen LogP contribution is -2.42. The van der Waals surface area contributed by atoms with Gasteiger partial charge in [0.05, 0.1) is 16.3 Å². The molecule has 4 rings (SSSR count). The Bertz CT molecular complexity index is 949. The molecule has 27 heavy (non-hydrogen) atoms. The molecule has 3 aromatic rings. The van der Waals surface area contributed by atoms with Gasteiger partial charge in [0.1, 0.15) is 0 Å². The summed E-state index contributed by atoms with van der Waals surface area (Å²) >= 11 is 6.89. The Hall–Kier alpha value is -2.89. The van der Waals surface area contributed by atoms with E-state index in [-0.39, 0.29) is 5.91 Å². The van der Waals surface area contributed by atoms with Crippen molar-refractivity contribution in [2.45, 2.75) is 0 Å². The lowest BCUT2D eigenvalue weighted by Gasteiger charge is -2.32. The SMILES string of the molecule is O=C1C(=Cc2ccccc2)SC(=S)N1N(c1ccccc1)c1ccccc1. The molecule has 5 heteroatoms. The van der Waals surface area contributed by atoms with Gasteiger partial charge in [-0.05, 0) is 48.1 Å². The highest BCUT2D eigenvalue weighted by molar-refractivity contribution is 8.26. The largest absolute Gasteiger partial charge is 0.285 e. The topological polar surface area (TPSA) is 23.6 Å². The van der Waals surface area contributed by atoms with E-state index in [0.29, 0.717) is 9.23 Å². The second-order valence-electron chi connectivity index (χ2n) is 5.89. The second kappa shape index (κ2) is 7.78. The minimum Gasteiger partial charge on any atom is -0.266 e. The Labute approximate surface area is 167 Å². The van der Waals surface area contributed by atoms with E-state index in [1.807, 2.05) is 102 Å². The molecule has 0 radical (unpaired) electrons. The lowest BCUT2D eigenvalue weighted by molar-refractivity contribution is -0.122. The van der Waals surface area contributed by atoms with E-state index in [1.54, 1.807) is 5.01 Å². The number of carbonyl (C=O) groups is 1. The Kier molecular flexibility index (Phi) is 5.05.